The number of aliphatic hydroxyl groups excluding tert-OH is 4. The Hall–Kier alpha value is -2.58. The molecule has 2 fully saturated rings. The van der Waals surface area contributed by atoms with Gasteiger partial charge in [0.1, 0.15) is 17.5 Å². The zero-order valence-corrected chi connectivity index (χ0v) is 36.0. The summed E-state index contributed by atoms with van der Waals surface area (Å²) in [7, 11) is 0. The van der Waals surface area contributed by atoms with E-state index in [4.69, 9.17) is 14.2 Å². The molecule has 3 aliphatic rings. The van der Waals surface area contributed by atoms with Crippen LogP contribution in [-0.2, 0) is 33.4 Å². The largest absolute Gasteiger partial charge is 0.458 e. The molecule has 0 saturated carbocycles. The van der Waals surface area contributed by atoms with Crippen molar-refractivity contribution >= 4 is 23.3 Å². The summed E-state index contributed by atoms with van der Waals surface area (Å²) >= 11 is 0. The lowest BCUT2D eigenvalue weighted by atomic mass is 9.74. The number of hydrogen-bond acceptors (Lipinski definition) is 12. The van der Waals surface area contributed by atoms with Crippen molar-refractivity contribution < 1.29 is 58.9 Å². The predicted molar refractivity (Wildman–Crippen MR) is 215 cm³/mol. The van der Waals surface area contributed by atoms with Crippen molar-refractivity contribution in [2.24, 2.45) is 53.3 Å². The average molecular weight is 805 g/mol. The fourth-order valence-electron chi connectivity index (χ4n) is 8.91. The molecule has 2 saturated heterocycles. The molecule has 57 heavy (non-hydrogen) atoms. The molecule has 5 N–H and O–H groups in total. The van der Waals surface area contributed by atoms with Crippen LogP contribution in [0.1, 0.15) is 115 Å². The fourth-order valence-corrected chi connectivity index (χ4v) is 8.91. The molecule has 3 rings (SSSR count). The first-order valence-corrected chi connectivity index (χ1v) is 21.1. The van der Waals surface area contributed by atoms with Crippen molar-refractivity contribution in [3.8, 4) is 0 Å². The van der Waals surface area contributed by atoms with Crippen LogP contribution in [0.25, 0.3) is 0 Å². The third-order valence-electron chi connectivity index (χ3n) is 13.2. The molecule has 0 aromatic rings. The van der Waals surface area contributed by atoms with E-state index in [1.807, 2.05) is 32.1 Å². The Labute approximate surface area is 340 Å². The van der Waals surface area contributed by atoms with E-state index < -0.39 is 107 Å². The third-order valence-corrected chi connectivity index (χ3v) is 13.2. The molecule has 1 spiro atoms. The maximum Gasteiger partial charge on any atom is 0.330 e. The van der Waals surface area contributed by atoms with E-state index in [-0.39, 0.29) is 30.0 Å². The van der Waals surface area contributed by atoms with Crippen LogP contribution < -0.4 is 0 Å². The van der Waals surface area contributed by atoms with Gasteiger partial charge in [-0.1, -0.05) is 92.7 Å². The van der Waals surface area contributed by atoms with E-state index in [1.165, 1.54) is 39.8 Å². The zero-order chi connectivity index (χ0) is 43.2. The molecular formula is C45H72O12. The summed E-state index contributed by atoms with van der Waals surface area (Å²) < 4.78 is 19.4. The summed E-state index contributed by atoms with van der Waals surface area (Å²) in [6.07, 6.45) is 6.53. The molecule has 0 amide bonds. The molecule has 324 valence electrons. The Morgan fingerprint density at radius 1 is 0.842 bits per heavy atom. The summed E-state index contributed by atoms with van der Waals surface area (Å²) in [4.78, 5) is 54.5. The van der Waals surface area contributed by atoms with Crippen molar-refractivity contribution in [1.82, 2.24) is 0 Å². The molecule has 2 bridgehead atoms. The molecule has 12 nitrogen and oxygen atoms in total. The Morgan fingerprint density at radius 2 is 1.47 bits per heavy atom. The van der Waals surface area contributed by atoms with E-state index in [2.05, 4.69) is 13.0 Å². The SMILES string of the molecule is CC[C@@H]1/C=C\C=C/C[C@H](C)[C@H](O)[C@@](C)(O)C(=O)[C@H](C)[C@H](O)[C@H](C)C(=O)[C@@H](C)[C@@H](O)[C@H](C)/C=C\C(=O)O[C@H]2[C@@H](C)[C@H](CC1)O[C@@]1(O[C@H](C[C@@H](C)O)[C@@H](C)CC1=O)[C@@H]2C. The zero-order valence-electron chi connectivity index (χ0n) is 36.0. The summed E-state index contributed by atoms with van der Waals surface area (Å²) in [6, 6.07) is 0. The normalized spacial score (nSPS) is 46.2. The molecule has 12 heteroatoms. The lowest BCUT2D eigenvalue weighted by Crippen LogP contribution is -2.66. The van der Waals surface area contributed by atoms with E-state index in [1.54, 1.807) is 27.7 Å². The molecular weight excluding hydrogens is 732 g/mol. The molecule has 3 aliphatic heterocycles. The van der Waals surface area contributed by atoms with E-state index in [0.29, 0.717) is 25.7 Å². The van der Waals surface area contributed by atoms with Crippen molar-refractivity contribution in [3.05, 3.63) is 36.5 Å². The highest BCUT2D eigenvalue weighted by Gasteiger charge is 2.61. The third kappa shape index (κ3) is 11.4. The predicted octanol–water partition coefficient (Wildman–Crippen LogP) is 5.06. The first-order valence-electron chi connectivity index (χ1n) is 21.1. The fraction of sp³-hybridized carbons (Fsp3) is 0.778. The number of hydrogen-bond donors (Lipinski definition) is 5. The van der Waals surface area contributed by atoms with Crippen molar-refractivity contribution in [1.29, 1.82) is 0 Å². The minimum atomic E-state index is -2.21. The number of ketones is 3. The lowest BCUT2D eigenvalue weighted by molar-refractivity contribution is -0.344. The van der Waals surface area contributed by atoms with Crippen molar-refractivity contribution in [2.45, 2.75) is 169 Å². The first-order chi connectivity index (χ1) is 26.5. The highest BCUT2D eigenvalue weighted by Crippen LogP contribution is 2.47. The Kier molecular flexibility index (Phi) is 17.6. The molecule has 0 radical (unpaired) electrons. The highest BCUT2D eigenvalue weighted by atomic mass is 16.7. The second-order valence-electron chi connectivity index (χ2n) is 17.9. The van der Waals surface area contributed by atoms with Gasteiger partial charge in [0.2, 0.25) is 5.79 Å². The van der Waals surface area contributed by atoms with Crippen LogP contribution >= 0.6 is 0 Å². The van der Waals surface area contributed by atoms with Crippen molar-refractivity contribution in [2.75, 3.05) is 0 Å². The van der Waals surface area contributed by atoms with Gasteiger partial charge in [-0.15, -0.1) is 0 Å². The molecule has 0 unspecified atom stereocenters. The average Bonchev–Trinajstić information content (AvgIpc) is 3.16. The number of esters is 1. The standard InChI is InChI=1S/C45H72O12/c1-12-33-17-15-13-14-16-25(3)42(52)44(11,54)43(53)31(9)40(51)30(8)39(50)29(7)38(49)24(2)18-21-37(48)55-41-28(6)34(20-19-33)56-45(32(41)10)36(47)22-26(4)35(57-45)23-27(5)46/h13-15,17-18,21,24-35,38,40-42,46,49,51-52,54H,12,16,19-20,22-23H2,1-11H3/b14-13-,17-15-,21-18-/t24-,25+,26+,27-,28+,29+,30-,31-,32-,33-,34+,35-,38+,40-,41+,42+,44-,45-/m1/s1. The van der Waals surface area contributed by atoms with Gasteiger partial charge in [-0.3, -0.25) is 14.4 Å². The van der Waals surface area contributed by atoms with Crippen LogP contribution in [0.2, 0.25) is 0 Å². The molecule has 0 aromatic heterocycles. The number of rotatable bonds is 3. The van der Waals surface area contributed by atoms with Gasteiger partial charge in [0.15, 0.2) is 11.6 Å². The van der Waals surface area contributed by atoms with Crippen LogP contribution in [0.4, 0.5) is 0 Å². The van der Waals surface area contributed by atoms with Gasteiger partial charge in [0, 0.05) is 42.1 Å². The lowest BCUT2D eigenvalue weighted by Gasteiger charge is -2.54. The van der Waals surface area contributed by atoms with Gasteiger partial charge in [-0.25, -0.2) is 4.79 Å². The molecule has 3 heterocycles. The number of aliphatic hydroxyl groups is 5. The van der Waals surface area contributed by atoms with Gasteiger partial charge >= 0.3 is 5.97 Å². The summed E-state index contributed by atoms with van der Waals surface area (Å²) in [5.74, 6) is -9.55. The van der Waals surface area contributed by atoms with Gasteiger partial charge in [-0.2, -0.15) is 0 Å². The Bertz CT molecular complexity index is 1470. The van der Waals surface area contributed by atoms with E-state index in [9.17, 15) is 44.7 Å². The first kappa shape index (κ1) is 48.8. The Balaban J connectivity index is 2.02. The van der Waals surface area contributed by atoms with Gasteiger partial charge in [0.05, 0.1) is 42.5 Å². The van der Waals surface area contributed by atoms with Crippen LogP contribution in [0.15, 0.2) is 36.5 Å². The van der Waals surface area contributed by atoms with Crippen LogP contribution in [-0.4, -0.2) is 103 Å². The monoisotopic (exact) mass is 805 g/mol. The maximum absolute atomic E-state index is 14.0. The van der Waals surface area contributed by atoms with E-state index in [0.717, 1.165) is 6.42 Å². The van der Waals surface area contributed by atoms with Crippen LogP contribution in [0.3, 0.4) is 0 Å². The second kappa shape index (κ2) is 20.6. The summed E-state index contributed by atoms with van der Waals surface area (Å²) in [6.45, 7) is 18.3. The molecule has 0 aromatic carbocycles. The number of carbonyl (C=O) groups is 4. The topological polar surface area (TPSA) is 197 Å². The number of carbonyl (C=O) groups excluding carboxylic acids is 4. The number of ether oxygens (including phenoxy) is 3. The molecule has 18 atom stereocenters. The van der Waals surface area contributed by atoms with Gasteiger partial charge in [-0.05, 0) is 63.7 Å². The minimum Gasteiger partial charge on any atom is -0.458 e. The number of fused-ring (bicyclic) bond motifs is 2. The highest BCUT2D eigenvalue weighted by molar-refractivity contribution is 5.91. The van der Waals surface area contributed by atoms with Crippen LogP contribution in [0, 0.1) is 53.3 Å². The van der Waals surface area contributed by atoms with E-state index >= 15 is 0 Å². The smallest absolute Gasteiger partial charge is 0.330 e. The van der Waals surface area contributed by atoms with Crippen LogP contribution in [0.5, 0.6) is 0 Å². The second-order valence-corrected chi connectivity index (χ2v) is 17.9. The summed E-state index contributed by atoms with van der Waals surface area (Å²) in [5.41, 5.74) is -2.21. The quantitative estimate of drug-likeness (QED) is 0.238. The summed E-state index contributed by atoms with van der Waals surface area (Å²) in [5, 5.41) is 55.0. The Morgan fingerprint density at radius 3 is 2.09 bits per heavy atom. The number of allylic oxidation sites excluding steroid dienone is 4. The maximum atomic E-state index is 14.0. The van der Waals surface area contributed by atoms with Gasteiger partial charge < -0.3 is 39.7 Å². The number of Topliss-reactive ketones (excluding diaryl/α,β-unsaturated/α-hetero) is 3. The molecule has 0 aliphatic carbocycles. The van der Waals surface area contributed by atoms with Gasteiger partial charge in [0.25, 0.3) is 0 Å². The van der Waals surface area contributed by atoms with Crippen molar-refractivity contribution in [3.63, 3.8) is 0 Å². The minimum absolute atomic E-state index is 0.132.